The van der Waals surface area contributed by atoms with Gasteiger partial charge in [0.25, 0.3) is 0 Å². The fraction of sp³-hybridized carbons (Fsp3) is 0.412. The maximum Gasteiger partial charge on any atom is 0.226 e. The average Bonchev–Trinajstić information content (AvgIpc) is 3.04. The topological polar surface area (TPSA) is 102 Å². The number of nitrogens with zero attached hydrogens (tertiary/aromatic N) is 2. The monoisotopic (exact) mass is 378 g/mol. The number of aryl methyl sites for hydroxylation is 1. The largest absolute Gasteiger partial charge is 0.493 e. The number of rotatable bonds is 9. The lowest BCUT2D eigenvalue weighted by molar-refractivity contribution is -0.124. The number of hydrogen-bond donors (Lipinski definition) is 2. The first-order valence-corrected chi connectivity index (χ1v) is 8.91. The van der Waals surface area contributed by atoms with Crippen LogP contribution in [-0.2, 0) is 16.0 Å². The van der Waals surface area contributed by atoms with Crippen LogP contribution in [0.1, 0.15) is 23.4 Å². The Bertz CT molecular complexity index is 763. The third-order valence-electron chi connectivity index (χ3n) is 3.54. The average molecular weight is 378 g/mol. The summed E-state index contributed by atoms with van der Waals surface area (Å²) in [5.74, 6) is 0.891. The molecule has 140 valence electrons. The van der Waals surface area contributed by atoms with Crippen LogP contribution in [0.3, 0.4) is 0 Å². The number of aromatic nitrogens is 2. The molecule has 0 radical (unpaired) electrons. The number of benzene rings is 1. The summed E-state index contributed by atoms with van der Waals surface area (Å²) in [6.45, 7) is 2.28. The fourth-order valence-electron chi connectivity index (χ4n) is 2.23. The van der Waals surface area contributed by atoms with Crippen LogP contribution in [0.15, 0.2) is 18.2 Å². The number of anilines is 1. The van der Waals surface area contributed by atoms with Gasteiger partial charge in [0, 0.05) is 19.4 Å². The highest BCUT2D eigenvalue weighted by Crippen LogP contribution is 2.27. The van der Waals surface area contributed by atoms with Crippen molar-refractivity contribution in [3.8, 4) is 11.5 Å². The highest BCUT2D eigenvalue weighted by Gasteiger charge is 2.10. The van der Waals surface area contributed by atoms with Crippen molar-refractivity contribution in [1.29, 1.82) is 0 Å². The third kappa shape index (κ3) is 5.99. The zero-order valence-corrected chi connectivity index (χ0v) is 15.8. The highest BCUT2D eigenvalue weighted by molar-refractivity contribution is 7.15. The standard InChI is InChI=1S/C17H22N4O4S/c1-11-20-21-17(26-11)19-16(23)7-6-15(22)18-9-8-12-4-5-13(24-2)14(10-12)25-3/h4-5,10H,6-9H2,1-3H3,(H,18,22)(H,19,21,23). The molecule has 1 aromatic carbocycles. The minimum absolute atomic E-state index is 0.0980. The molecule has 1 heterocycles. The summed E-state index contributed by atoms with van der Waals surface area (Å²) in [7, 11) is 3.16. The van der Waals surface area contributed by atoms with E-state index in [-0.39, 0.29) is 24.7 Å². The molecule has 0 atom stereocenters. The fourth-order valence-corrected chi connectivity index (χ4v) is 2.83. The molecule has 0 spiro atoms. The van der Waals surface area contributed by atoms with Crippen molar-refractivity contribution >= 4 is 28.3 Å². The lowest BCUT2D eigenvalue weighted by Crippen LogP contribution is -2.26. The summed E-state index contributed by atoms with van der Waals surface area (Å²) in [5.41, 5.74) is 1.02. The van der Waals surface area contributed by atoms with E-state index in [1.807, 2.05) is 18.2 Å². The van der Waals surface area contributed by atoms with Crippen molar-refractivity contribution in [3.05, 3.63) is 28.8 Å². The lowest BCUT2D eigenvalue weighted by Gasteiger charge is -2.10. The first-order chi connectivity index (χ1) is 12.5. The van der Waals surface area contributed by atoms with Crippen LogP contribution >= 0.6 is 11.3 Å². The molecule has 0 aliphatic heterocycles. The molecule has 26 heavy (non-hydrogen) atoms. The van der Waals surface area contributed by atoms with Crippen LogP contribution in [0.2, 0.25) is 0 Å². The van der Waals surface area contributed by atoms with Crippen LogP contribution < -0.4 is 20.1 Å². The minimum atomic E-state index is -0.254. The molecule has 1 aromatic heterocycles. The van der Waals surface area contributed by atoms with Gasteiger partial charge in [0.1, 0.15) is 5.01 Å². The summed E-state index contributed by atoms with van der Waals surface area (Å²) < 4.78 is 10.4. The van der Waals surface area contributed by atoms with Crippen molar-refractivity contribution in [3.63, 3.8) is 0 Å². The summed E-state index contributed by atoms with van der Waals surface area (Å²) in [5, 5.41) is 14.3. The molecule has 0 unspecified atom stereocenters. The van der Waals surface area contributed by atoms with Gasteiger partial charge in [0.05, 0.1) is 14.2 Å². The van der Waals surface area contributed by atoms with E-state index in [1.54, 1.807) is 21.1 Å². The van der Waals surface area contributed by atoms with Gasteiger partial charge in [-0.2, -0.15) is 0 Å². The summed E-state index contributed by atoms with van der Waals surface area (Å²) >= 11 is 1.29. The number of amides is 2. The number of carbonyl (C=O) groups is 2. The molecule has 2 rings (SSSR count). The van der Waals surface area contributed by atoms with E-state index in [0.29, 0.717) is 29.6 Å². The van der Waals surface area contributed by atoms with Crippen molar-refractivity contribution in [2.24, 2.45) is 0 Å². The van der Waals surface area contributed by atoms with Crippen molar-refractivity contribution in [2.75, 3.05) is 26.1 Å². The molecule has 2 aromatic rings. The second-order valence-corrected chi connectivity index (χ2v) is 6.65. The van der Waals surface area contributed by atoms with Crippen LogP contribution in [-0.4, -0.2) is 42.8 Å². The number of hydrogen-bond acceptors (Lipinski definition) is 7. The molecule has 8 nitrogen and oxygen atoms in total. The zero-order chi connectivity index (χ0) is 18.9. The molecule has 0 aliphatic rings. The van der Waals surface area contributed by atoms with Gasteiger partial charge in [-0.25, -0.2) is 0 Å². The lowest BCUT2D eigenvalue weighted by atomic mass is 10.1. The molecule has 0 aliphatic carbocycles. The van der Waals surface area contributed by atoms with Gasteiger partial charge in [-0.3, -0.25) is 9.59 Å². The quantitative estimate of drug-likeness (QED) is 0.691. The maximum absolute atomic E-state index is 11.9. The van der Waals surface area contributed by atoms with Crippen LogP contribution in [0, 0.1) is 6.92 Å². The molecule has 0 fully saturated rings. The van der Waals surface area contributed by atoms with Crippen LogP contribution in [0.25, 0.3) is 0 Å². The first-order valence-electron chi connectivity index (χ1n) is 8.09. The predicted molar refractivity (Wildman–Crippen MR) is 98.8 cm³/mol. The normalized spacial score (nSPS) is 10.3. The van der Waals surface area contributed by atoms with Crippen molar-refractivity contribution in [1.82, 2.24) is 15.5 Å². The Morgan fingerprint density at radius 2 is 1.81 bits per heavy atom. The predicted octanol–water partition coefficient (Wildman–Crippen LogP) is 1.94. The van der Waals surface area contributed by atoms with E-state index in [0.717, 1.165) is 10.6 Å². The molecular formula is C17H22N4O4S. The Hall–Kier alpha value is -2.68. The smallest absolute Gasteiger partial charge is 0.226 e. The molecular weight excluding hydrogens is 356 g/mol. The third-order valence-corrected chi connectivity index (χ3v) is 4.29. The molecule has 9 heteroatoms. The van der Waals surface area contributed by atoms with E-state index < -0.39 is 0 Å². The van der Waals surface area contributed by atoms with Gasteiger partial charge < -0.3 is 20.1 Å². The zero-order valence-electron chi connectivity index (χ0n) is 15.0. The second kappa shape index (κ2) is 9.71. The van der Waals surface area contributed by atoms with E-state index in [9.17, 15) is 9.59 Å². The minimum Gasteiger partial charge on any atom is -0.493 e. The van der Waals surface area contributed by atoms with Crippen molar-refractivity contribution in [2.45, 2.75) is 26.2 Å². The van der Waals surface area contributed by atoms with Crippen molar-refractivity contribution < 1.29 is 19.1 Å². The van der Waals surface area contributed by atoms with Gasteiger partial charge in [-0.15, -0.1) is 10.2 Å². The van der Waals surface area contributed by atoms with E-state index in [1.165, 1.54) is 11.3 Å². The summed E-state index contributed by atoms with van der Waals surface area (Å²) in [6.07, 6.45) is 0.874. The van der Waals surface area contributed by atoms with Gasteiger partial charge in [0.15, 0.2) is 11.5 Å². The van der Waals surface area contributed by atoms with E-state index >= 15 is 0 Å². The molecule has 2 N–H and O–H groups in total. The number of carbonyl (C=O) groups excluding carboxylic acids is 2. The Morgan fingerprint density at radius 1 is 1.08 bits per heavy atom. The van der Waals surface area contributed by atoms with Gasteiger partial charge in [-0.05, 0) is 31.0 Å². The van der Waals surface area contributed by atoms with Gasteiger partial charge in [0.2, 0.25) is 16.9 Å². The number of methoxy groups -OCH3 is 2. The molecule has 2 amide bonds. The molecule has 0 bridgehead atoms. The summed E-state index contributed by atoms with van der Waals surface area (Å²) in [4.78, 5) is 23.6. The Balaban J connectivity index is 1.69. The van der Waals surface area contributed by atoms with Crippen LogP contribution in [0.4, 0.5) is 5.13 Å². The van der Waals surface area contributed by atoms with Gasteiger partial charge >= 0.3 is 0 Å². The second-order valence-electron chi connectivity index (χ2n) is 5.46. The summed E-state index contributed by atoms with van der Waals surface area (Å²) in [6, 6.07) is 5.63. The highest BCUT2D eigenvalue weighted by atomic mass is 32.1. The van der Waals surface area contributed by atoms with Gasteiger partial charge in [-0.1, -0.05) is 17.4 Å². The Kier molecular flexibility index (Phi) is 7.34. The number of nitrogens with one attached hydrogen (secondary N) is 2. The first kappa shape index (κ1) is 19.6. The van der Waals surface area contributed by atoms with E-state index in [2.05, 4.69) is 20.8 Å². The van der Waals surface area contributed by atoms with E-state index in [4.69, 9.17) is 9.47 Å². The van der Waals surface area contributed by atoms with Crippen LogP contribution in [0.5, 0.6) is 11.5 Å². The Labute approximate surface area is 155 Å². The molecule has 0 saturated heterocycles. The SMILES string of the molecule is COc1ccc(CCNC(=O)CCC(=O)Nc2nnc(C)s2)cc1OC. The molecule has 0 saturated carbocycles. The number of ether oxygens (including phenoxy) is 2. The Morgan fingerprint density at radius 3 is 2.46 bits per heavy atom. The maximum atomic E-state index is 11.9.